The molecule has 1 atom stereocenters. The molecule has 4 aromatic rings. The number of hydrogen-bond donors (Lipinski definition) is 4. The van der Waals surface area contributed by atoms with Gasteiger partial charge in [0.25, 0.3) is 5.69 Å². The van der Waals surface area contributed by atoms with Crippen molar-refractivity contribution in [3.63, 3.8) is 0 Å². The summed E-state index contributed by atoms with van der Waals surface area (Å²) in [6.07, 6.45) is 0. The van der Waals surface area contributed by atoms with Crippen molar-refractivity contribution in [1.82, 2.24) is 15.0 Å². The highest BCUT2D eigenvalue weighted by Gasteiger charge is 2.18. The minimum atomic E-state index is -0.913. The molecule has 0 saturated carbocycles. The van der Waals surface area contributed by atoms with Crippen molar-refractivity contribution in [2.45, 2.75) is 13.0 Å². The van der Waals surface area contributed by atoms with Gasteiger partial charge in [0.15, 0.2) is 0 Å². The molecular formula is C24H20F2N8O3. The Labute approximate surface area is 209 Å². The molecule has 0 aliphatic rings. The Morgan fingerprint density at radius 1 is 0.838 bits per heavy atom. The van der Waals surface area contributed by atoms with E-state index in [0.717, 1.165) is 0 Å². The minimum Gasteiger partial charge on any atom is -0.342 e. The van der Waals surface area contributed by atoms with Crippen LogP contribution in [0.1, 0.15) is 6.92 Å². The van der Waals surface area contributed by atoms with Gasteiger partial charge in [-0.2, -0.15) is 15.0 Å². The largest absolute Gasteiger partial charge is 0.342 e. The third-order valence-electron chi connectivity index (χ3n) is 4.94. The molecule has 0 aliphatic heterocycles. The number of nitro groups is 1. The predicted molar refractivity (Wildman–Crippen MR) is 134 cm³/mol. The summed E-state index contributed by atoms with van der Waals surface area (Å²) >= 11 is 0. The summed E-state index contributed by atoms with van der Waals surface area (Å²) in [5, 5.41) is 21.8. The number of carbonyl (C=O) groups excluding carboxylic acids is 1. The summed E-state index contributed by atoms with van der Waals surface area (Å²) in [7, 11) is 0. The van der Waals surface area contributed by atoms with Crippen LogP contribution < -0.4 is 21.3 Å². The van der Waals surface area contributed by atoms with Gasteiger partial charge in [0.05, 0.1) is 16.3 Å². The number of carbonyl (C=O) groups is 1. The van der Waals surface area contributed by atoms with Crippen LogP contribution in [0.4, 0.5) is 49.4 Å². The molecule has 0 aliphatic carbocycles. The lowest BCUT2D eigenvalue weighted by atomic mass is 10.2. The van der Waals surface area contributed by atoms with Crippen LogP contribution in [0.5, 0.6) is 0 Å². The highest BCUT2D eigenvalue weighted by molar-refractivity contribution is 5.96. The minimum absolute atomic E-state index is 0.0747. The van der Waals surface area contributed by atoms with E-state index in [1.807, 2.05) is 0 Å². The maximum absolute atomic E-state index is 14.2. The molecule has 0 bridgehead atoms. The number of aromatic nitrogens is 3. The molecule has 188 valence electrons. The van der Waals surface area contributed by atoms with Crippen LogP contribution in [0.2, 0.25) is 0 Å². The van der Waals surface area contributed by atoms with E-state index in [0.29, 0.717) is 0 Å². The van der Waals surface area contributed by atoms with Gasteiger partial charge in [-0.05, 0) is 37.3 Å². The highest BCUT2D eigenvalue weighted by Crippen LogP contribution is 2.22. The highest BCUT2D eigenvalue weighted by atomic mass is 19.1. The van der Waals surface area contributed by atoms with Crippen LogP contribution in [0, 0.1) is 21.7 Å². The van der Waals surface area contributed by atoms with Gasteiger partial charge in [0, 0.05) is 17.8 Å². The molecule has 3 aromatic carbocycles. The van der Waals surface area contributed by atoms with Crippen molar-refractivity contribution in [3.05, 3.63) is 94.5 Å². The summed E-state index contributed by atoms with van der Waals surface area (Å²) in [5.74, 6) is -1.86. The molecule has 4 rings (SSSR count). The Kier molecular flexibility index (Phi) is 7.42. The van der Waals surface area contributed by atoms with Gasteiger partial charge in [-0.15, -0.1) is 0 Å². The molecule has 0 fully saturated rings. The molecule has 0 radical (unpaired) electrons. The van der Waals surface area contributed by atoms with Crippen molar-refractivity contribution in [2.24, 2.45) is 0 Å². The van der Waals surface area contributed by atoms with E-state index in [9.17, 15) is 23.7 Å². The molecule has 1 aromatic heterocycles. The number of non-ortho nitro benzene ring substituents is 1. The Morgan fingerprint density at radius 2 is 1.38 bits per heavy atom. The van der Waals surface area contributed by atoms with Gasteiger partial charge < -0.3 is 21.3 Å². The third-order valence-corrected chi connectivity index (χ3v) is 4.94. The van der Waals surface area contributed by atoms with Gasteiger partial charge in [0.2, 0.25) is 23.8 Å². The predicted octanol–water partition coefficient (Wildman–Crippen LogP) is 4.98. The Hall–Kier alpha value is -5.20. The van der Waals surface area contributed by atoms with Crippen LogP contribution >= 0.6 is 0 Å². The van der Waals surface area contributed by atoms with E-state index < -0.39 is 28.5 Å². The van der Waals surface area contributed by atoms with Gasteiger partial charge in [-0.25, -0.2) is 8.78 Å². The molecule has 37 heavy (non-hydrogen) atoms. The van der Waals surface area contributed by atoms with E-state index >= 15 is 0 Å². The number of benzene rings is 3. The topological polar surface area (TPSA) is 147 Å². The van der Waals surface area contributed by atoms with Gasteiger partial charge in [-0.3, -0.25) is 14.9 Å². The molecule has 4 N–H and O–H groups in total. The van der Waals surface area contributed by atoms with Crippen molar-refractivity contribution in [2.75, 3.05) is 21.3 Å². The lowest BCUT2D eigenvalue weighted by molar-refractivity contribution is -0.384. The number of nitrogens with one attached hydrogen (secondary N) is 4. The van der Waals surface area contributed by atoms with Crippen molar-refractivity contribution < 1.29 is 18.5 Å². The van der Waals surface area contributed by atoms with Gasteiger partial charge in [0.1, 0.15) is 17.7 Å². The maximum Gasteiger partial charge on any atom is 0.271 e. The first kappa shape index (κ1) is 24.9. The Balaban J connectivity index is 1.57. The van der Waals surface area contributed by atoms with Crippen LogP contribution in [-0.2, 0) is 4.79 Å². The average Bonchev–Trinajstić information content (AvgIpc) is 2.87. The number of nitrogens with zero attached hydrogens (tertiary/aromatic N) is 4. The third kappa shape index (κ3) is 6.48. The lowest BCUT2D eigenvalue weighted by Gasteiger charge is -2.16. The van der Waals surface area contributed by atoms with E-state index in [1.54, 1.807) is 12.1 Å². The fraction of sp³-hybridized carbons (Fsp3) is 0.0833. The van der Waals surface area contributed by atoms with E-state index in [4.69, 9.17) is 0 Å². The zero-order valence-electron chi connectivity index (χ0n) is 19.3. The second kappa shape index (κ2) is 11.0. The van der Waals surface area contributed by atoms with Gasteiger partial charge >= 0.3 is 0 Å². The first-order valence-corrected chi connectivity index (χ1v) is 10.9. The summed E-state index contributed by atoms with van der Waals surface area (Å²) < 4.78 is 28.3. The summed E-state index contributed by atoms with van der Waals surface area (Å²) in [4.78, 5) is 35.6. The maximum atomic E-state index is 14.2. The zero-order chi connectivity index (χ0) is 26.4. The number of rotatable bonds is 9. The summed E-state index contributed by atoms with van der Waals surface area (Å²) in [6.45, 7) is 1.52. The van der Waals surface area contributed by atoms with E-state index in [1.165, 1.54) is 67.6 Å². The molecule has 0 unspecified atom stereocenters. The molecule has 0 spiro atoms. The van der Waals surface area contributed by atoms with Crippen LogP contribution in [0.3, 0.4) is 0 Å². The SMILES string of the molecule is C[C@H](Nc1nc(Nc2ccccc2F)nc(Nc2ccccc2F)n1)C(=O)Nc1cccc([N+](=O)[O-])c1. The first-order chi connectivity index (χ1) is 17.8. The summed E-state index contributed by atoms with van der Waals surface area (Å²) in [6, 6.07) is 16.3. The van der Waals surface area contributed by atoms with Gasteiger partial charge in [-0.1, -0.05) is 30.3 Å². The van der Waals surface area contributed by atoms with Crippen molar-refractivity contribution in [1.29, 1.82) is 0 Å². The van der Waals surface area contributed by atoms with Crippen LogP contribution in [0.25, 0.3) is 0 Å². The average molecular weight is 506 g/mol. The monoisotopic (exact) mass is 506 g/mol. The van der Waals surface area contributed by atoms with Crippen LogP contribution in [-0.4, -0.2) is 31.8 Å². The number of nitro benzene ring substituents is 1. The normalized spacial score (nSPS) is 11.3. The van der Waals surface area contributed by atoms with Crippen molar-refractivity contribution >= 4 is 46.5 Å². The molecular weight excluding hydrogens is 486 g/mol. The zero-order valence-corrected chi connectivity index (χ0v) is 19.3. The van der Waals surface area contributed by atoms with Crippen molar-refractivity contribution in [3.8, 4) is 0 Å². The second-order valence-corrected chi connectivity index (χ2v) is 7.68. The number of halogens is 2. The smallest absolute Gasteiger partial charge is 0.271 e. The second-order valence-electron chi connectivity index (χ2n) is 7.68. The number of hydrogen-bond acceptors (Lipinski definition) is 9. The fourth-order valence-corrected chi connectivity index (χ4v) is 3.13. The lowest BCUT2D eigenvalue weighted by Crippen LogP contribution is -2.32. The summed E-state index contributed by atoms with van der Waals surface area (Å²) in [5.41, 5.74) is 0.233. The van der Waals surface area contributed by atoms with Crippen LogP contribution in [0.15, 0.2) is 72.8 Å². The molecule has 1 amide bonds. The Bertz CT molecular complexity index is 1390. The molecule has 11 nitrogen and oxygen atoms in total. The molecule has 0 saturated heterocycles. The molecule has 13 heteroatoms. The number of anilines is 6. The molecule has 1 heterocycles. The quantitative estimate of drug-likeness (QED) is 0.182. The number of amides is 1. The Morgan fingerprint density at radius 3 is 1.92 bits per heavy atom. The fourth-order valence-electron chi connectivity index (χ4n) is 3.13. The van der Waals surface area contributed by atoms with E-state index in [-0.39, 0.29) is 40.6 Å². The first-order valence-electron chi connectivity index (χ1n) is 10.9. The van der Waals surface area contributed by atoms with E-state index in [2.05, 4.69) is 36.2 Å². The number of para-hydroxylation sites is 2. The standard InChI is InChI=1S/C24H20F2N8O3/c1-14(21(35)28-15-7-6-8-16(13-15)34(36)37)27-22-31-23(29-19-11-4-2-9-17(19)25)33-24(32-22)30-20-12-5-3-10-18(20)26/h2-14H,1H3,(H,28,35)(H3,27,29,30,31,32,33)/t14-/m0/s1.